The minimum atomic E-state index is -4.80. The van der Waals surface area contributed by atoms with Gasteiger partial charge in [-0.2, -0.15) is 13.2 Å². The summed E-state index contributed by atoms with van der Waals surface area (Å²) in [6.45, 7) is 0.199. The Balaban J connectivity index is 1.54. The molecule has 4 rings (SSSR count). The van der Waals surface area contributed by atoms with E-state index in [4.69, 9.17) is 4.74 Å². The molecule has 1 fully saturated rings. The highest BCUT2D eigenvalue weighted by molar-refractivity contribution is 5.82. The van der Waals surface area contributed by atoms with Crippen LogP contribution < -0.4 is 4.74 Å². The number of fused-ring (bicyclic) bond motifs is 3. The molecule has 2 aliphatic rings. The number of alkyl halides is 3. The van der Waals surface area contributed by atoms with Crippen molar-refractivity contribution in [1.82, 2.24) is 4.90 Å². The molecule has 0 saturated carbocycles. The highest BCUT2D eigenvalue weighted by Gasteiger charge is 2.48. The Kier molecular flexibility index (Phi) is 5.28. The van der Waals surface area contributed by atoms with E-state index in [2.05, 4.69) is 18.2 Å². The topological polar surface area (TPSA) is 29.5 Å². The Morgan fingerprint density at radius 3 is 2.52 bits per heavy atom. The number of aryl methyl sites for hydroxylation is 1. The third-order valence-electron chi connectivity index (χ3n) is 6.17. The summed E-state index contributed by atoms with van der Waals surface area (Å²) >= 11 is 0. The summed E-state index contributed by atoms with van der Waals surface area (Å²) in [5.41, 5.74) is 4.68. The Morgan fingerprint density at radius 2 is 1.83 bits per heavy atom. The Hall–Kier alpha value is -2.50. The standard InChI is InChI=1S/C23H24F3NO2/c1-29-18-8-4-15(5-9-18)13-16-6-10-19-17(14-16)7-11-21-20(19)3-2-12-27(21)22(28)23(24,25)26/h4-6,8-10,14,20-21H,2-3,7,11-13H2,1H3/t20-,21?/m1/s1. The number of ether oxygens (including phenoxy) is 1. The summed E-state index contributed by atoms with van der Waals surface area (Å²) in [5.74, 6) is -0.874. The average molecular weight is 403 g/mol. The van der Waals surface area contributed by atoms with Crippen LogP contribution in [0.5, 0.6) is 5.75 Å². The van der Waals surface area contributed by atoms with E-state index < -0.39 is 12.1 Å². The summed E-state index contributed by atoms with van der Waals surface area (Å²) in [7, 11) is 1.64. The molecule has 0 N–H and O–H groups in total. The number of amides is 1. The van der Waals surface area contributed by atoms with E-state index in [1.54, 1.807) is 7.11 Å². The van der Waals surface area contributed by atoms with E-state index in [1.165, 1.54) is 16.7 Å². The predicted octanol–water partition coefficient (Wildman–Crippen LogP) is 4.87. The van der Waals surface area contributed by atoms with Crippen molar-refractivity contribution in [1.29, 1.82) is 0 Å². The number of hydrogen-bond acceptors (Lipinski definition) is 2. The maximum Gasteiger partial charge on any atom is 0.471 e. The number of benzene rings is 2. The molecule has 1 heterocycles. The van der Waals surface area contributed by atoms with Crippen LogP contribution in [0.25, 0.3) is 0 Å². The fourth-order valence-corrected chi connectivity index (χ4v) is 4.82. The SMILES string of the molecule is COc1ccc(Cc2ccc3c(c2)CCC2[C@@H]3CCCN2C(=O)C(F)(F)F)cc1. The normalized spacial score (nSPS) is 21.3. The number of carbonyl (C=O) groups is 1. The Labute approximate surface area is 168 Å². The van der Waals surface area contributed by atoms with Crippen LogP contribution in [0, 0.1) is 0 Å². The van der Waals surface area contributed by atoms with Crippen LogP contribution in [0.3, 0.4) is 0 Å². The molecule has 0 spiro atoms. The average Bonchev–Trinajstić information content (AvgIpc) is 2.72. The summed E-state index contributed by atoms with van der Waals surface area (Å²) in [6.07, 6.45) is -1.28. The van der Waals surface area contributed by atoms with Gasteiger partial charge >= 0.3 is 12.1 Å². The second-order valence-electron chi connectivity index (χ2n) is 7.91. The highest BCUT2D eigenvalue weighted by Crippen LogP contribution is 2.42. The van der Waals surface area contributed by atoms with Crippen molar-refractivity contribution >= 4 is 5.91 Å². The highest BCUT2D eigenvalue weighted by atomic mass is 19.4. The van der Waals surface area contributed by atoms with E-state index in [0.717, 1.165) is 29.1 Å². The third-order valence-corrected chi connectivity index (χ3v) is 6.17. The van der Waals surface area contributed by atoms with Gasteiger partial charge in [-0.1, -0.05) is 30.3 Å². The molecular formula is C23H24F3NO2. The lowest BCUT2D eigenvalue weighted by molar-refractivity contribution is -0.189. The lowest BCUT2D eigenvalue weighted by Gasteiger charge is -2.45. The zero-order valence-electron chi connectivity index (χ0n) is 16.3. The smallest absolute Gasteiger partial charge is 0.471 e. The number of piperidine rings is 1. The second-order valence-corrected chi connectivity index (χ2v) is 7.91. The maximum absolute atomic E-state index is 13.0. The molecule has 3 nitrogen and oxygen atoms in total. The molecule has 1 amide bonds. The van der Waals surface area contributed by atoms with Gasteiger partial charge in [-0.3, -0.25) is 4.79 Å². The number of hydrogen-bond donors (Lipinski definition) is 0. The lowest BCUT2D eigenvalue weighted by atomic mass is 9.73. The van der Waals surface area contributed by atoms with Crippen molar-refractivity contribution < 1.29 is 22.7 Å². The third kappa shape index (κ3) is 3.98. The molecule has 1 aliphatic carbocycles. The van der Waals surface area contributed by atoms with Crippen LogP contribution in [0.1, 0.15) is 47.4 Å². The van der Waals surface area contributed by atoms with Crippen LogP contribution in [0.15, 0.2) is 42.5 Å². The monoisotopic (exact) mass is 403 g/mol. The van der Waals surface area contributed by atoms with Gasteiger partial charge in [0.2, 0.25) is 0 Å². The molecular weight excluding hydrogens is 379 g/mol. The molecule has 6 heteroatoms. The fourth-order valence-electron chi connectivity index (χ4n) is 4.82. The van der Waals surface area contributed by atoms with E-state index in [9.17, 15) is 18.0 Å². The van der Waals surface area contributed by atoms with Gasteiger partial charge < -0.3 is 9.64 Å². The van der Waals surface area contributed by atoms with Crippen LogP contribution in [0.2, 0.25) is 0 Å². The number of rotatable bonds is 3. The first-order chi connectivity index (χ1) is 13.9. The largest absolute Gasteiger partial charge is 0.497 e. The molecule has 0 radical (unpaired) electrons. The summed E-state index contributed by atoms with van der Waals surface area (Å²) in [4.78, 5) is 13.0. The number of likely N-dealkylation sites (tertiary alicyclic amines) is 1. The van der Waals surface area contributed by atoms with Gasteiger partial charge in [-0.25, -0.2) is 0 Å². The Morgan fingerprint density at radius 1 is 1.10 bits per heavy atom. The summed E-state index contributed by atoms with van der Waals surface area (Å²) < 4.78 is 44.2. The maximum atomic E-state index is 13.0. The predicted molar refractivity (Wildman–Crippen MR) is 104 cm³/mol. The molecule has 1 unspecified atom stereocenters. The minimum Gasteiger partial charge on any atom is -0.497 e. The molecule has 154 valence electrons. The Bertz CT molecular complexity index is 892. The van der Waals surface area contributed by atoms with Gasteiger partial charge in [0.15, 0.2) is 0 Å². The molecule has 1 aliphatic heterocycles. The first-order valence-electron chi connectivity index (χ1n) is 9.99. The van der Waals surface area contributed by atoms with Gasteiger partial charge in [0, 0.05) is 18.5 Å². The molecule has 2 aromatic carbocycles. The van der Waals surface area contributed by atoms with E-state index in [0.29, 0.717) is 19.3 Å². The van der Waals surface area contributed by atoms with E-state index in [-0.39, 0.29) is 18.5 Å². The van der Waals surface area contributed by atoms with Gasteiger partial charge in [0.25, 0.3) is 0 Å². The van der Waals surface area contributed by atoms with E-state index in [1.807, 2.05) is 24.3 Å². The fraction of sp³-hybridized carbons (Fsp3) is 0.435. The van der Waals surface area contributed by atoms with Crippen molar-refractivity contribution in [2.75, 3.05) is 13.7 Å². The van der Waals surface area contributed by atoms with Crippen LogP contribution in [0.4, 0.5) is 13.2 Å². The van der Waals surface area contributed by atoms with Gasteiger partial charge in [-0.05, 0) is 66.5 Å². The van der Waals surface area contributed by atoms with Crippen molar-refractivity contribution in [3.8, 4) is 5.75 Å². The van der Waals surface area contributed by atoms with Gasteiger partial charge in [0.1, 0.15) is 5.75 Å². The molecule has 2 aromatic rings. The van der Waals surface area contributed by atoms with Gasteiger partial charge in [-0.15, -0.1) is 0 Å². The van der Waals surface area contributed by atoms with E-state index >= 15 is 0 Å². The number of nitrogens with zero attached hydrogens (tertiary/aromatic N) is 1. The summed E-state index contributed by atoms with van der Waals surface area (Å²) in [5, 5.41) is 0. The first-order valence-corrected chi connectivity index (χ1v) is 9.99. The van der Waals surface area contributed by atoms with Crippen LogP contribution in [-0.4, -0.2) is 36.7 Å². The van der Waals surface area contributed by atoms with Gasteiger partial charge in [0.05, 0.1) is 7.11 Å². The zero-order chi connectivity index (χ0) is 20.6. The minimum absolute atomic E-state index is 0.00571. The summed E-state index contributed by atoms with van der Waals surface area (Å²) in [6, 6.07) is 13.9. The van der Waals surface area contributed by atoms with Crippen LogP contribution in [-0.2, 0) is 17.6 Å². The molecule has 1 saturated heterocycles. The number of methoxy groups -OCH3 is 1. The molecule has 0 aromatic heterocycles. The molecule has 29 heavy (non-hydrogen) atoms. The zero-order valence-corrected chi connectivity index (χ0v) is 16.3. The first kappa shape index (κ1) is 19.8. The number of halogens is 3. The van der Waals surface area contributed by atoms with Crippen molar-refractivity contribution in [3.63, 3.8) is 0 Å². The molecule has 0 bridgehead atoms. The lowest BCUT2D eigenvalue weighted by Crippen LogP contribution is -2.53. The van der Waals surface area contributed by atoms with Crippen molar-refractivity contribution in [2.45, 2.75) is 50.2 Å². The van der Waals surface area contributed by atoms with Crippen LogP contribution >= 0.6 is 0 Å². The number of carbonyl (C=O) groups excluding carboxylic acids is 1. The van der Waals surface area contributed by atoms with Crippen molar-refractivity contribution in [2.24, 2.45) is 0 Å². The quantitative estimate of drug-likeness (QED) is 0.732. The van der Waals surface area contributed by atoms with Crippen molar-refractivity contribution in [3.05, 3.63) is 64.7 Å². The second kappa shape index (κ2) is 7.73. The molecule has 2 atom stereocenters.